The molecule has 21 heavy (non-hydrogen) atoms. The van der Waals surface area contributed by atoms with Gasteiger partial charge < -0.3 is 5.32 Å². The molecular weight excluding hydrogens is 276 g/mol. The summed E-state index contributed by atoms with van der Waals surface area (Å²) in [7, 11) is 0. The Kier molecular flexibility index (Phi) is 3.35. The molecule has 0 unspecified atom stereocenters. The van der Waals surface area contributed by atoms with Crippen molar-refractivity contribution in [3.05, 3.63) is 71.6 Å². The van der Waals surface area contributed by atoms with Crippen molar-refractivity contribution < 1.29 is 13.6 Å². The molecule has 4 nitrogen and oxygen atoms in total. The molecule has 1 amide bonds. The molecule has 0 aliphatic carbocycles. The predicted octanol–water partition coefficient (Wildman–Crippen LogP) is 2.54. The standard InChI is InChI=1S/C15H11F2N3O/c16-13-2-1-10(7-14(13)17)9-18-15(21)11-4-6-20-12(8-11)3-5-19-20/h1-8H,9H2,(H,18,21). The van der Waals surface area contributed by atoms with Gasteiger partial charge in [0.05, 0.1) is 5.52 Å². The number of carbonyl (C=O) groups excluding carboxylic acids is 1. The Hall–Kier alpha value is -2.76. The maximum absolute atomic E-state index is 13.1. The highest BCUT2D eigenvalue weighted by Gasteiger charge is 2.08. The number of hydrogen-bond acceptors (Lipinski definition) is 2. The van der Waals surface area contributed by atoms with Crippen molar-refractivity contribution in [3.8, 4) is 0 Å². The molecule has 0 spiro atoms. The summed E-state index contributed by atoms with van der Waals surface area (Å²) in [4.78, 5) is 12.0. The van der Waals surface area contributed by atoms with E-state index in [-0.39, 0.29) is 12.5 Å². The second-order valence-corrected chi connectivity index (χ2v) is 4.55. The maximum atomic E-state index is 13.1. The second kappa shape index (κ2) is 5.32. The first-order valence-corrected chi connectivity index (χ1v) is 6.29. The van der Waals surface area contributed by atoms with Crippen LogP contribution in [-0.4, -0.2) is 15.5 Å². The van der Waals surface area contributed by atoms with E-state index >= 15 is 0 Å². The first-order valence-electron chi connectivity index (χ1n) is 6.29. The molecule has 1 N–H and O–H groups in total. The van der Waals surface area contributed by atoms with Crippen molar-refractivity contribution in [2.75, 3.05) is 0 Å². The van der Waals surface area contributed by atoms with E-state index in [2.05, 4.69) is 10.4 Å². The number of aromatic nitrogens is 2. The minimum Gasteiger partial charge on any atom is -0.348 e. The van der Waals surface area contributed by atoms with Crippen LogP contribution in [0.4, 0.5) is 8.78 Å². The fraction of sp³-hybridized carbons (Fsp3) is 0.0667. The van der Waals surface area contributed by atoms with E-state index in [9.17, 15) is 13.6 Å². The smallest absolute Gasteiger partial charge is 0.251 e. The van der Waals surface area contributed by atoms with Crippen molar-refractivity contribution >= 4 is 11.4 Å². The fourth-order valence-electron chi connectivity index (χ4n) is 2.00. The van der Waals surface area contributed by atoms with Crippen LogP contribution in [0.1, 0.15) is 15.9 Å². The minimum atomic E-state index is -0.928. The Morgan fingerprint density at radius 2 is 2.00 bits per heavy atom. The van der Waals surface area contributed by atoms with E-state index < -0.39 is 11.6 Å². The van der Waals surface area contributed by atoms with Crippen molar-refractivity contribution in [1.29, 1.82) is 0 Å². The van der Waals surface area contributed by atoms with Crippen molar-refractivity contribution in [2.24, 2.45) is 0 Å². The Morgan fingerprint density at radius 1 is 1.14 bits per heavy atom. The van der Waals surface area contributed by atoms with Crippen molar-refractivity contribution in [1.82, 2.24) is 14.9 Å². The molecule has 0 aliphatic rings. The zero-order valence-electron chi connectivity index (χ0n) is 10.9. The number of rotatable bonds is 3. The van der Waals surface area contributed by atoms with Crippen LogP contribution < -0.4 is 5.32 Å². The number of nitrogens with one attached hydrogen (secondary N) is 1. The Balaban J connectivity index is 1.72. The van der Waals surface area contributed by atoms with Crippen LogP contribution in [0, 0.1) is 11.6 Å². The summed E-state index contributed by atoms with van der Waals surface area (Å²) >= 11 is 0. The summed E-state index contributed by atoms with van der Waals surface area (Å²) in [6.07, 6.45) is 3.32. The van der Waals surface area contributed by atoms with Gasteiger partial charge >= 0.3 is 0 Å². The van der Waals surface area contributed by atoms with Crippen LogP contribution in [0.15, 0.2) is 48.8 Å². The molecule has 6 heteroatoms. The van der Waals surface area contributed by atoms with Crippen LogP contribution >= 0.6 is 0 Å². The lowest BCUT2D eigenvalue weighted by Gasteiger charge is -2.06. The molecule has 0 bridgehead atoms. The van der Waals surface area contributed by atoms with Crippen molar-refractivity contribution in [3.63, 3.8) is 0 Å². The quantitative estimate of drug-likeness (QED) is 0.804. The first kappa shape index (κ1) is 13.2. The number of nitrogens with zero attached hydrogens (tertiary/aromatic N) is 2. The highest BCUT2D eigenvalue weighted by Crippen LogP contribution is 2.10. The van der Waals surface area contributed by atoms with Crippen LogP contribution in [0.5, 0.6) is 0 Å². The van der Waals surface area contributed by atoms with Gasteiger partial charge in [-0.15, -0.1) is 0 Å². The average molecular weight is 287 g/mol. The Morgan fingerprint density at radius 3 is 2.81 bits per heavy atom. The molecular formula is C15H11F2N3O. The fourth-order valence-corrected chi connectivity index (χ4v) is 2.00. The Bertz CT molecular complexity index is 814. The summed E-state index contributed by atoms with van der Waals surface area (Å²) in [5.74, 6) is -2.12. The molecule has 3 aromatic rings. The minimum absolute atomic E-state index is 0.125. The third-order valence-electron chi connectivity index (χ3n) is 3.10. The van der Waals surface area contributed by atoms with Gasteiger partial charge in [-0.05, 0) is 35.9 Å². The lowest BCUT2D eigenvalue weighted by molar-refractivity contribution is 0.0951. The number of fused-ring (bicyclic) bond motifs is 1. The summed E-state index contributed by atoms with van der Waals surface area (Å²) in [6, 6.07) is 8.66. The number of hydrogen-bond donors (Lipinski definition) is 1. The molecule has 2 heterocycles. The third kappa shape index (κ3) is 2.74. The number of amides is 1. The van der Waals surface area contributed by atoms with Crippen molar-refractivity contribution in [2.45, 2.75) is 6.54 Å². The van der Waals surface area contributed by atoms with Gasteiger partial charge in [0.25, 0.3) is 5.91 Å². The highest BCUT2D eigenvalue weighted by atomic mass is 19.2. The number of carbonyl (C=O) groups is 1. The molecule has 0 atom stereocenters. The van der Waals surface area contributed by atoms with E-state index in [1.54, 1.807) is 35.1 Å². The molecule has 0 fully saturated rings. The zero-order chi connectivity index (χ0) is 14.8. The van der Waals surface area contributed by atoms with Crippen LogP contribution in [0.3, 0.4) is 0 Å². The lowest BCUT2D eigenvalue weighted by Crippen LogP contribution is -2.23. The summed E-state index contributed by atoms with van der Waals surface area (Å²) < 4.78 is 27.5. The third-order valence-corrected chi connectivity index (χ3v) is 3.10. The summed E-state index contributed by atoms with van der Waals surface area (Å²) in [6.45, 7) is 0.125. The van der Waals surface area contributed by atoms with Gasteiger partial charge in [0, 0.05) is 24.5 Å². The molecule has 106 valence electrons. The average Bonchev–Trinajstić information content (AvgIpc) is 2.95. The molecule has 3 rings (SSSR count). The predicted molar refractivity (Wildman–Crippen MR) is 72.7 cm³/mol. The topological polar surface area (TPSA) is 46.4 Å². The van der Waals surface area contributed by atoms with E-state index in [4.69, 9.17) is 0 Å². The van der Waals surface area contributed by atoms with E-state index in [0.717, 1.165) is 17.6 Å². The lowest BCUT2D eigenvalue weighted by atomic mass is 10.2. The molecule has 0 saturated heterocycles. The van der Waals surface area contributed by atoms with Crippen LogP contribution in [0.25, 0.3) is 5.52 Å². The summed E-state index contributed by atoms with van der Waals surface area (Å²) in [5.41, 5.74) is 1.77. The number of pyridine rings is 1. The maximum Gasteiger partial charge on any atom is 0.251 e. The second-order valence-electron chi connectivity index (χ2n) is 4.55. The van der Waals surface area contributed by atoms with Gasteiger partial charge in [0.1, 0.15) is 0 Å². The van der Waals surface area contributed by atoms with E-state index in [1.807, 2.05) is 0 Å². The monoisotopic (exact) mass is 287 g/mol. The van der Waals surface area contributed by atoms with E-state index in [0.29, 0.717) is 11.1 Å². The zero-order valence-corrected chi connectivity index (χ0v) is 10.9. The van der Waals surface area contributed by atoms with E-state index in [1.165, 1.54) is 6.07 Å². The van der Waals surface area contributed by atoms with Gasteiger partial charge in [-0.2, -0.15) is 5.10 Å². The Labute approximate surface area is 119 Å². The first-order chi connectivity index (χ1) is 10.1. The molecule has 1 aromatic carbocycles. The van der Waals surface area contributed by atoms with Crippen LogP contribution in [-0.2, 0) is 6.54 Å². The molecule has 2 aromatic heterocycles. The molecule has 0 aliphatic heterocycles. The van der Waals surface area contributed by atoms with Gasteiger partial charge in [0.2, 0.25) is 0 Å². The molecule has 0 saturated carbocycles. The van der Waals surface area contributed by atoms with Gasteiger partial charge in [-0.1, -0.05) is 6.07 Å². The van der Waals surface area contributed by atoms with Gasteiger partial charge in [-0.3, -0.25) is 4.79 Å². The number of benzene rings is 1. The highest BCUT2D eigenvalue weighted by molar-refractivity contribution is 5.95. The number of halogens is 2. The molecule has 0 radical (unpaired) electrons. The summed E-state index contributed by atoms with van der Waals surface area (Å²) in [5, 5.41) is 6.70. The van der Waals surface area contributed by atoms with Gasteiger partial charge in [0.15, 0.2) is 11.6 Å². The normalized spacial score (nSPS) is 10.8. The van der Waals surface area contributed by atoms with Crippen LogP contribution in [0.2, 0.25) is 0 Å². The largest absolute Gasteiger partial charge is 0.348 e. The SMILES string of the molecule is O=C(NCc1ccc(F)c(F)c1)c1ccn2nccc2c1. The van der Waals surface area contributed by atoms with Gasteiger partial charge in [-0.25, -0.2) is 13.3 Å².